The summed E-state index contributed by atoms with van der Waals surface area (Å²) in [5.41, 5.74) is 4.05. The van der Waals surface area contributed by atoms with Gasteiger partial charge in [-0.25, -0.2) is 0 Å². The Bertz CT molecular complexity index is 755. The molecule has 0 heterocycles. The van der Waals surface area contributed by atoms with E-state index in [1.165, 1.54) is 29.5 Å². The van der Waals surface area contributed by atoms with Gasteiger partial charge in [0.05, 0.1) is 6.54 Å². The third kappa shape index (κ3) is 5.49. The van der Waals surface area contributed by atoms with E-state index in [9.17, 15) is 4.79 Å². The van der Waals surface area contributed by atoms with E-state index in [1.807, 2.05) is 18.2 Å². The molecule has 1 amide bonds. The number of aryl methyl sites for hydroxylation is 3. The largest absolute Gasteiger partial charge is 0.492 e. The van der Waals surface area contributed by atoms with Crippen molar-refractivity contribution in [2.75, 3.05) is 13.2 Å². The lowest BCUT2D eigenvalue weighted by Crippen LogP contribution is -2.38. The first-order valence-electron chi connectivity index (χ1n) is 9.93. The second-order valence-electron chi connectivity index (χ2n) is 7.03. The minimum Gasteiger partial charge on any atom is -0.492 e. The van der Waals surface area contributed by atoms with E-state index in [0.717, 1.165) is 30.8 Å². The maximum Gasteiger partial charge on any atom is 0.260 e. The van der Waals surface area contributed by atoms with Crippen molar-refractivity contribution in [2.45, 2.75) is 52.1 Å². The normalized spacial score (nSPS) is 14.1. The molecule has 0 bridgehead atoms. The molecule has 1 atom stereocenters. The van der Waals surface area contributed by atoms with Crippen molar-refractivity contribution >= 4 is 5.91 Å². The van der Waals surface area contributed by atoms with Crippen LogP contribution in [0.25, 0.3) is 0 Å². The Morgan fingerprint density at radius 3 is 2.48 bits per heavy atom. The van der Waals surface area contributed by atoms with Crippen LogP contribution in [0.15, 0.2) is 42.5 Å². The highest BCUT2D eigenvalue weighted by atomic mass is 16.5. The van der Waals surface area contributed by atoms with Crippen LogP contribution in [0, 0.1) is 0 Å². The van der Waals surface area contributed by atoms with Crippen LogP contribution in [0.1, 0.15) is 43.4 Å². The van der Waals surface area contributed by atoms with Crippen molar-refractivity contribution in [2.24, 2.45) is 0 Å². The minimum absolute atomic E-state index is 0.127. The summed E-state index contributed by atoms with van der Waals surface area (Å²) in [4.78, 5) is 12.2. The van der Waals surface area contributed by atoms with E-state index in [-0.39, 0.29) is 5.91 Å². The Morgan fingerprint density at radius 2 is 1.74 bits per heavy atom. The first kappa shape index (κ1) is 19.3. The number of hydrogen-bond acceptors (Lipinski definition) is 3. The minimum atomic E-state index is -0.532. The van der Waals surface area contributed by atoms with Crippen LogP contribution in [0.2, 0.25) is 0 Å². The fraction of sp³-hybridized carbons (Fsp3) is 0.435. The molecule has 0 aromatic heterocycles. The monoisotopic (exact) mass is 367 g/mol. The molecule has 1 unspecified atom stereocenters. The Labute approximate surface area is 161 Å². The van der Waals surface area contributed by atoms with Crippen molar-refractivity contribution < 1.29 is 14.3 Å². The summed E-state index contributed by atoms with van der Waals surface area (Å²) >= 11 is 0. The fourth-order valence-electron chi connectivity index (χ4n) is 3.35. The van der Waals surface area contributed by atoms with Gasteiger partial charge in [-0.15, -0.1) is 0 Å². The van der Waals surface area contributed by atoms with Crippen LogP contribution in [0.4, 0.5) is 0 Å². The van der Waals surface area contributed by atoms with Gasteiger partial charge in [0.15, 0.2) is 6.10 Å². The zero-order valence-electron chi connectivity index (χ0n) is 16.3. The summed E-state index contributed by atoms with van der Waals surface area (Å²) in [5.74, 6) is 1.46. The average molecular weight is 367 g/mol. The van der Waals surface area contributed by atoms with E-state index in [4.69, 9.17) is 9.47 Å². The number of benzene rings is 2. The second-order valence-corrected chi connectivity index (χ2v) is 7.03. The molecular weight excluding hydrogens is 338 g/mol. The highest BCUT2D eigenvalue weighted by molar-refractivity contribution is 5.80. The molecule has 1 aliphatic rings. The highest BCUT2D eigenvalue weighted by Gasteiger charge is 2.16. The van der Waals surface area contributed by atoms with E-state index in [0.29, 0.717) is 13.2 Å². The number of ether oxygens (including phenoxy) is 2. The molecule has 0 saturated heterocycles. The molecule has 4 heteroatoms. The van der Waals surface area contributed by atoms with Crippen LogP contribution in [0.3, 0.4) is 0 Å². The summed E-state index contributed by atoms with van der Waals surface area (Å²) in [7, 11) is 0. The third-order valence-electron chi connectivity index (χ3n) is 5.00. The molecule has 0 saturated carbocycles. The summed E-state index contributed by atoms with van der Waals surface area (Å²) in [6, 6.07) is 14.2. The van der Waals surface area contributed by atoms with Gasteiger partial charge in [0, 0.05) is 0 Å². The molecule has 1 N–H and O–H groups in total. The number of carbonyl (C=O) groups is 1. The van der Waals surface area contributed by atoms with Crippen molar-refractivity contribution in [3.05, 3.63) is 59.2 Å². The quantitative estimate of drug-likeness (QED) is 0.715. The molecule has 2 aromatic rings. The molecule has 144 valence electrons. The molecule has 2 aromatic carbocycles. The van der Waals surface area contributed by atoms with E-state index in [2.05, 4.69) is 36.5 Å². The smallest absolute Gasteiger partial charge is 0.260 e. The Kier molecular flexibility index (Phi) is 6.74. The molecule has 0 aliphatic heterocycles. The van der Waals surface area contributed by atoms with E-state index >= 15 is 0 Å². The summed E-state index contributed by atoms with van der Waals surface area (Å²) in [5, 5.41) is 2.87. The molecular formula is C23H29NO3. The van der Waals surface area contributed by atoms with Gasteiger partial charge in [-0.3, -0.25) is 4.79 Å². The molecule has 0 radical (unpaired) electrons. The predicted molar refractivity (Wildman–Crippen MR) is 107 cm³/mol. The van der Waals surface area contributed by atoms with Gasteiger partial charge in [-0.2, -0.15) is 0 Å². The topological polar surface area (TPSA) is 47.6 Å². The van der Waals surface area contributed by atoms with Gasteiger partial charge >= 0.3 is 0 Å². The molecule has 0 fully saturated rings. The Morgan fingerprint density at radius 1 is 1.04 bits per heavy atom. The molecule has 1 aliphatic carbocycles. The third-order valence-corrected chi connectivity index (χ3v) is 5.00. The predicted octanol–water partition coefficient (Wildman–Crippen LogP) is 4.09. The van der Waals surface area contributed by atoms with Gasteiger partial charge in [-0.1, -0.05) is 25.1 Å². The number of amides is 1. The molecule has 0 spiro atoms. The van der Waals surface area contributed by atoms with Crippen molar-refractivity contribution in [3.8, 4) is 11.5 Å². The van der Waals surface area contributed by atoms with Crippen LogP contribution in [-0.4, -0.2) is 25.2 Å². The lowest BCUT2D eigenvalue weighted by atomic mass is 9.92. The number of nitrogens with one attached hydrogen (secondary N) is 1. The highest BCUT2D eigenvalue weighted by Crippen LogP contribution is 2.25. The van der Waals surface area contributed by atoms with Crippen LogP contribution < -0.4 is 14.8 Å². The van der Waals surface area contributed by atoms with Crippen LogP contribution in [-0.2, 0) is 24.1 Å². The fourth-order valence-corrected chi connectivity index (χ4v) is 3.35. The maximum absolute atomic E-state index is 12.2. The van der Waals surface area contributed by atoms with E-state index < -0.39 is 6.10 Å². The number of hydrogen-bond donors (Lipinski definition) is 1. The first-order valence-corrected chi connectivity index (χ1v) is 9.93. The molecule has 4 nitrogen and oxygen atoms in total. The first-order chi connectivity index (χ1) is 13.2. The van der Waals surface area contributed by atoms with Crippen LogP contribution >= 0.6 is 0 Å². The second kappa shape index (κ2) is 9.45. The van der Waals surface area contributed by atoms with Gasteiger partial charge in [-0.05, 0) is 80.0 Å². The van der Waals surface area contributed by atoms with Crippen molar-refractivity contribution in [3.63, 3.8) is 0 Å². The van der Waals surface area contributed by atoms with Gasteiger partial charge < -0.3 is 14.8 Å². The van der Waals surface area contributed by atoms with E-state index in [1.54, 1.807) is 6.92 Å². The van der Waals surface area contributed by atoms with Gasteiger partial charge in [0.1, 0.15) is 18.1 Å². The lowest BCUT2D eigenvalue weighted by molar-refractivity contribution is -0.127. The maximum atomic E-state index is 12.2. The summed E-state index contributed by atoms with van der Waals surface area (Å²) < 4.78 is 11.5. The molecule has 3 rings (SSSR count). The zero-order chi connectivity index (χ0) is 19.1. The van der Waals surface area contributed by atoms with Gasteiger partial charge in [0.25, 0.3) is 5.91 Å². The zero-order valence-corrected chi connectivity index (χ0v) is 16.3. The standard InChI is InChI=1S/C23H29NO3/c1-3-18-8-11-21(12-9-18)26-15-14-24-23(25)17(2)27-22-13-10-19-6-4-5-7-20(19)16-22/h8-13,16-17H,3-7,14-15H2,1-2H3,(H,24,25). The SMILES string of the molecule is CCc1ccc(OCCNC(=O)C(C)Oc2ccc3c(c2)CCCC3)cc1. The van der Waals surface area contributed by atoms with Crippen molar-refractivity contribution in [1.29, 1.82) is 0 Å². The molecule has 27 heavy (non-hydrogen) atoms. The number of carbonyl (C=O) groups excluding carboxylic acids is 1. The number of fused-ring (bicyclic) bond motifs is 1. The average Bonchev–Trinajstić information content (AvgIpc) is 2.71. The van der Waals surface area contributed by atoms with Gasteiger partial charge in [0.2, 0.25) is 0 Å². The summed E-state index contributed by atoms with van der Waals surface area (Å²) in [6.07, 6.45) is 5.22. The Balaban J connectivity index is 1.41. The van der Waals surface area contributed by atoms with Crippen LogP contribution in [0.5, 0.6) is 11.5 Å². The number of rotatable bonds is 8. The lowest BCUT2D eigenvalue weighted by Gasteiger charge is -2.19. The Hall–Kier alpha value is -2.49. The summed E-state index contributed by atoms with van der Waals surface area (Å²) in [6.45, 7) is 4.78. The van der Waals surface area contributed by atoms with Crippen molar-refractivity contribution in [1.82, 2.24) is 5.32 Å².